The Labute approximate surface area is 127 Å². The van der Waals surface area contributed by atoms with Gasteiger partial charge in [0.25, 0.3) is 0 Å². The quantitative estimate of drug-likeness (QED) is 0.804. The van der Waals surface area contributed by atoms with E-state index in [2.05, 4.69) is 42.2 Å². The van der Waals surface area contributed by atoms with Crippen LogP contribution in [-0.2, 0) is 6.42 Å². The largest absolute Gasteiger partial charge is 0.508 e. The first-order valence-electron chi connectivity index (χ1n) is 7.93. The summed E-state index contributed by atoms with van der Waals surface area (Å²) < 4.78 is 0. The number of anilines is 1. The number of aromatic hydroxyl groups is 1. The second kappa shape index (κ2) is 6.21. The van der Waals surface area contributed by atoms with Crippen molar-refractivity contribution in [2.24, 2.45) is 0 Å². The van der Waals surface area contributed by atoms with Crippen LogP contribution in [0.25, 0.3) is 0 Å². The number of fused-ring (bicyclic) bond motifs is 1. The van der Waals surface area contributed by atoms with Gasteiger partial charge < -0.3 is 10.0 Å². The number of phenols is 1. The molecule has 0 radical (unpaired) electrons. The van der Waals surface area contributed by atoms with Gasteiger partial charge in [0, 0.05) is 12.2 Å². The molecule has 1 aliphatic heterocycles. The van der Waals surface area contributed by atoms with Crippen LogP contribution in [0.15, 0.2) is 48.5 Å². The fourth-order valence-electron chi connectivity index (χ4n) is 3.29. The lowest BCUT2D eigenvalue weighted by Gasteiger charge is -2.28. The van der Waals surface area contributed by atoms with E-state index in [0.717, 1.165) is 13.0 Å². The van der Waals surface area contributed by atoms with Crippen molar-refractivity contribution in [3.8, 4) is 5.75 Å². The number of benzene rings is 2. The van der Waals surface area contributed by atoms with Crippen LogP contribution in [0, 0.1) is 0 Å². The van der Waals surface area contributed by atoms with Crippen molar-refractivity contribution in [3.05, 3.63) is 59.7 Å². The molecule has 110 valence electrons. The van der Waals surface area contributed by atoms with E-state index in [4.69, 9.17) is 0 Å². The lowest BCUT2D eigenvalue weighted by Crippen LogP contribution is -2.26. The van der Waals surface area contributed by atoms with Crippen molar-refractivity contribution >= 4 is 5.69 Å². The maximum Gasteiger partial charge on any atom is 0.115 e. The summed E-state index contributed by atoms with van der Waals surface area (Å²) in [5, 5.41) is 9.77. The van der Waals surface area contributed by atoms with Crippen LogP contribution in [0.2, 0.25) is 0 Å². The van der Waals surface area contributed by atoms with Gasteiger partial charge >= 0.3 is 0 Å². The average molecular weight is 281 g/mol. The molecule has 0 fully saturated rings. The summed E-state index contributed by atoms with van der Waals surface area (Å²) in [6.45, 7) is 3.33. The molecule has 1 N–H and O–H groups in total. The minimum Gasteiger partial charge on any atom is -0.508 e. The molecule has 2 nitrogen and oxygen atoms in total. The highest BCUT2D eigenvalue weighted by Crippen LogP contribution is 2.40. The number of hydrogen-bond acceptors (Lipinski definition) is 2. The Balaban J connectivity index is 1.89. The number of hydrogen-bond donors (Lipinski definition) is 1. The van der Waals surface area contributed by atoms with Crippen LogP contribution in [0.1, 0.15) is 43.4 Å². The van der Waals surface area contributed by atoms with Gasteiger partial charge in [0.1, 0.15) is 5.75 Å². The monoisotopic (exact) mass is 281 g/mol. The Morgan fingerprint density at radius 2 is 1.95 bits per heavy atom. The molecule has 1 unspecified atom stereocenters. The molecule has 0 saturated heterocycles. The van der Waals surface area contributed by atoms with E-state index in [0.29, 0.717) is 11.8 Å². The molecule has 1 aliphatic rings. The van der Waals surface area contributed by atoms with Crippen molar-refractivity contribution < 1.29 is 5.11 Å². The third-order valence-corrected chi connectivity index (χ3v) is 4.35. The second-order valence-electron chi connectivity index (χ2n) is 5.84. The molecule has 1 heterocycles. The van der Waals surface area contributed by atoms with Crippen LogP contribution in [0.4, 0.5) is 5.69 Å². The summed E-state index contributed by atoms with van der Waals surface area (Å²) >= 11 is 0. The molecule has 1 atom stereocenters. The van der Waals surface area contributed by atoms with Gasteiger partial charge in [-0.15, -0.1) is 0 Å². The van der Waals surface area contributed by atoms with Crippen molar-refractivity contribution in [2.45, 2.75) is 38.6 Å². The summed E-state index contributed by atoms with van der Waals surface area (Å²) in [6.07, 6.45) is 4.77. The molecule has 2 aromatic rings. The zero-order chi connectivity index (χ0) is 14.7. The molecule has 0 saturated carbocycles. The van der Waals surface area contributed by atoms with Crippen LogP contribution < -0.4 is 4.90 Å². The van der Waals surface area contributed by atoms with E-state index in [1.165, 1.54) is 36.1 Å². The van der Waals surface area contributed by atoms with Gasteiger partial charge in [0.05, 0.1) is 6.04 Å². The minimum atomic E-state index is 0.353. The van der Waals surface area contributed by atoms with Crippen molar-refractivity contribution in [1.82, 2.24) is 0 Å². The molecule has 0 aliphatic carbocycles. The molecule has 0 aromatic heterocycles. The number of phenolic OH excluding ortho intramolecular Hbond substituents is 1. The summed E-state index contributed by atoms with van der Waals surface area (Å²) in [5.41, 5.74) is 3.99. The number of nitrogens with zero attached hydrogens (tertiary/aromatic N) is 1. The molecule has 0 bridgehead atoms. The normalized spacial score (nSPS) is 17.0. The number of rotatable bonds is 5. The third-order valence-electron chi connectivity index (χ3n) is 4.35. The first kappa shape index (κ1) is 14.0. The summed E-state index contributed by atoms with van der Waals surface area (Å²) in [7, 11) is 0. The SMILES string of the molecule is CCCCCN1c2ccccc2CC1c1cccc(O)c1. The third kappa shape index (κ3) is 2.90. The first-order valence-corrected chi connectivity index (χ1v) is 7.93. The van der Waals surface area contributed by atoms with Gasteiger partial charge in [-0.05, 0) is 42.2 Å². The second-order valence-corrected chi connectivity index (χ2v) is 5.84. The van der Waals surface area contributed by atoms with Gasteiger partial charge in [-0.2, -0.15) is 0 Å². The van der Waals surface area contributed by atoms with Gasteiger partial charge in [0.2, 0.25) is 0 Å². The Hall–Kier alpha value is -1.96. The Morgan fingerprint density at radius 3 is 2.76 bits per heavy atom. The standard InChI is InChI=1S/C19H23NO/c1-2-3-6-12-20-18-11-5-4-8-16(18)14-19(20)15-9-7-10-17(21)13-15/h4-5,7-11,13,19,21H,2-3,6,12,14H2,1H3. The van der Waals surface area contributed by atoms with E-state index < -0.39 is 0 Å². The molecule has 21 heavy (non-hydrogen) atoms. The highest BCUT2D eigenvalue weighted by atomic mass is 16.3. The molecule has 0 spiro atoms. The number of unbranched alkanes of at least 4 members (excludes halogenated alkanes) is 2. The molecular formula is C19H23NO. The smallest absolute Gasteiger partial charge is 0.115 e. The lowest BCUT2D eigenvalue weighted by molar-refractivity contribution is 0.473. The molecule has 2 heteroatoms. The molecular weight excluding hydrogens is 258 g/mol. The van der Waals surface area contributed by atoms with Crippen molar-refractivity contribution in [1.29, 1.82) is 0 Å². The van der Waals surface area contributed by atoms with E-state index in [1.54, 1.807) is 6.07 Å². The van der Waals surface area contributed by atoms with Gasteiger partial charge in [-0.3, -0.25) is 0 Å². The van der Waals surface area contributed by atoms with E-state index in [1.807, 2.05) is 12.1 Å². The maximum atomic E-state index is 9.77. The number of para-hydroxylation sites is 1. The van der Waals surface area contributed by atoms with E-state index in [-0.39, 0.29) is 0 Å². The molecule has 2 aromatic carbocycles. The fourth-order valence-corrected chi connectivity index (χ4v) is 3.29. The molecule has 3 rings (SSSR count). The Morgan fingerprint density at radius 1 is 1.10 bits per heavy atom. The van der Waals surface area contributed by atoms with Gasteiger partial charge in [-0.1, -0.05) is 50.1 Å². The zero-order valence-corrected chi connectivity index (χ0v) is 12.6. The van der Waals surface area contributed by atoms with Crippen LogP contribution in [-0.4, -0.2) is 11.7 Å². The summed E-state index contributed by atoms with van der Waals surface area (Å²) in [6, 6.07) is 16.8. The molecule has 0 amide bonds. The Kier molecular flexibility index (Phi) is 4.14. The zero-order valence-electron chi connectivity index (χ0n) is 12.6. The summed E-state index contributed by atoms with van der Waals surface area (Å²) in [4.78, 5) is 2.51. The average Bonchev–Trinajstić information content (AvgIpc) is 2.87. The predicted molar refractivity (Wildman–Crippen MR) is 87.9 cm³/mol. The highest BCUT2D eigenvalue weighted by molar-refractivity contribution is 5.61. The first-order chi connectivity index (χ1) is 10.3. The Bertz CT molecular complexity index is 608. The maximum absolute atomic E-state index is 9.77. The van der Waals surface area contributed by atoms with Gasteiger partial charge in [-0.25, -0.2) is 0 Å². The van der Waals surface area contributed by atoms with Crippen molar-refractivity contribution in [2.75, 3.05) is 11.4 Å². The van der Waals surface area contributed by atoms with Crippen LogP contribution in [0.5, 0.6) is 5.75 Å². The van der Waals surface area contributed by atoms with Gasteiger partial charge in [0.15, 0.2) is 0 Å². The van der Waals surface area contributed by atoms with Crippen LogP contribution >= 0.6 is 0 Å². The lowest BCUT2D eigenvalue weighted by atomic mass is 10.0. The van der Waals surface area contributed by atoms with Crippen LogP contribution in [0.3, 0.4) is 0 Å². The highest BCUT2D eigenvalue weighted by Gasteiger charge is 2.29. The van der Waals surface area contributed by atoms with E-state index in [9.17, 15) is 5.11 Å². The fraction of sp³-hybridized carbons (Fsp3) is 0.368. The van der Waals surface area contributed by atoms with Crippen molar-refractivity contribution in [3.63, 3.8) is 0 Å². The minimum absolute atomic E-state index is 0.353. The van der Waals surface area contributed by atoms with E-state index >= 15 is 0 Å². The topological polar surface area (TPSA) is 23.5 Å². The predicted octanol–water partition coefficient (Wildman–Crippen LogP) is 4.69. The summed E-state index contributed by atoms with van der Waals surface area (Å²) in [5.74, 6) is 0.358.